The number of benzene rings is 1. The summed E-state index contributed by atoms with van der Waals surface area (Å²) >= 11 is 0. The number of aromatic nitrogens is 2. The van der Waals surface area contributed by atoms with Crippen LogP contribution >= 0.6 is 0 Å². The molecular weight excluding hydrogens is 303 g/mol. The first kappa shape index (κ1) is 18.0. The molecule has 1 heterocycles. The molecule has 2 N–H and O–H groups in total. The molecule has 0 saturated carbocycles. The smallest absolute Gasteiger partial charge is 0.860 e. The Hall–Kier alpha value is -1.06. The van der Waals surface area contributed by atoms with Crippen LogP contribution in [0.2, 0.25) is 0 Å². The van der Waals surface area contributed by atoms with E-state index in [1.165, 1.54) is 14.2 Å². The van der Waals surface area contributed by atoms with E-state index in [9.17, 15) is 14.7 Å². The molecular formula is C13H13KN2O5. The number of rotatable bonds is 4. The fourth-order valence-electron chi connectivity index (χ4n) is 1.85. The number of aromatic amines is 2. The van der Waals surface area contributed by atoms with E-state index in [-0.39, 0.29) is 63.4 Å². The second-order valence-corrected chi connectivity index (χ2v) is 4.08. The SMILES string of the molecule is COc1ccc(Cc2c([O-])[nH]c(=O)[nH]c2=O)cc1OC.[K+]. The van der Waals surface area contributed by atoms with Crippen LogP contribution in [0.1, 0.15) is 11.1 Å². The van der Waals surface area contributed by atoms with Crippen LogP contribution in [0.25, 0.3) is 0 Å². The molecule has 2 rings (SSSR count). The Kier molecular flexibility index (Phi) is 6.69. The molecule has 0 aliphatic carbocycles. The molecule has 0 bridgehead atoms. The van der Waals surface area contributed by atoms with Gasteiger partial charge in [0, 0.05) is 12.0 Å². The van der Waals surface area contributed by atoms with Crippen LogP contribution in [0.3, 0.4) is 0 Å². The Bertz CT molecular complexity index is 738. The summed E-state index contributed by atoms with van der Waals surface area (Å²) in [5.41, 5.74) is -0.835. The Labute approximate surface area is 162 Å². The van der Waals surface area contributed by atoms with E-state index in [0.717, 1.165) is 0 Å². The van der Waals surface area contributed by atoms with Crippen molar-refractivity contribution in [1.29, 1.82) is 0 Å². The topological polar surface area (TPSA) is 107 Å². The maximum atomic E-state index is 11.6. The Morgan fingerprint density at radius 2 is 1.76 bits per heavy atom. The van der Waals surface area contributed by atoms with E-state index >= 15 is 0 Å². The predicted molar refractivity (Wildman–Crippen MR) is 69.5 cm³/mol. The van der Waals surface area contributed by atoms with Crippen LogP contribution in [-0.2, 0) is 6.42 Å². The van der Waals surface area contributed by atoms with E-state index in [0.29, 0.717) is 17.1 Å². The van der Waals surface area contributed by atoms with Crippen LogP contribution in [-0.4, -0.2) is 24.2 Å². The third-order valence-corrected chi connectivity index (χ3v) is 2.83. The van der Waals surface area contributed by atoms with Crippen molar-refractivity contribution in [3.05, 3.63) is 50.2 Å². The van der Waals surface area contributed by atoms with E-state index in [4.69, 9.17) is 9.47 Å². The van der Waals surface area contributed by atoms with Crippen LogP contribution in [0, 0.1) is 0 Å². The van der Waals surface area contributed by atoms with Crippen molar-refractivity contribution in [3.63, 3.8) is 0 Å². The molecule has 0 aliphatic heterocycles. The first-order valence-electron chi connectivity index (χ1n) is 5.78. The minimum absolute atomic E-state index is 0. The number of nitrogens with one attached hydrogen (secondary N) is 2. The van der Waals surface area contributed by atoms with Crippen LogP contribution < -0.4 is 77.2 Å². The molecule has 0 atom stereocenters. The van der Waals surface area contributed by atoms with Crippen molar-refractivity contribution in [2.75, 3.05) is 14.2 Å². The average molecular weight is 316 g/mol. The van der Waals surface area contributed by atoms with Crippen molar-refractivity contribution in [2.45, 2.75) is 6.42 Å². The molecule has 0 amide bonds. The minimum Gasteiger partial charge on any atom is -0.860 e. The second-order valence-electron chi connectivity index (χ2n) is 4.08. The first-order valence-corrected chi connectivity index (χ1v) is 5.78. The van der Waals surface area contributed by atoms with Gasteiger partial charge in [-0.1, -0.05) is 6.07 Å². The average Bonchev–Trinajstić information content (AvgIpc) is 2.42. The largest absolute Gasteiger partial charge is 1.00 e. The number of hydrogen-bond acceptors (Lipinski definition) is 5. The van der Waals surface area contributed by atoms with Gasteiger partial charge < -0.3 is 19.6 Å². The van der Waals surface area contributed by atoms with Crippen molar-refractivity contribution in [3.8, 4) is 17.4 Å². The van der Waals surface area contributed by atoms with Gasteiger partial charge in [0.1, 0.15) is 0 Å². The number of ether oxygens (including phenoxy) is 2. The van der Waals surface area contributed by atoms with E-state index in [2.05, 4.69) is 0 Å². The summed E-state index contributed by atoms with van der Waals surface area (Å²) in [5.74, 6) is 0.362. The molecule has 0 spiro atoms. The van der Waals surface area contributed by atoms with Gasteiger partial charge in [-0.3, -0.25) is 9.78 Å². The van der Waals surface area contributed by atoms with Gasteiger partial charge in [0.15, 0.2) is 11.5 Å². The number of methoxy groups -OCH3 is 2. The summed E-state index contributed by atoms with van der Waals surface area (Å²) in [6.07, 6.45) is 0.0886. The van der Waals surface area contributed by atoms with Crippen LogP contribution in [0.15, 0.2) is 27.8 Å². The molecule has 0 unspecified atom stereocenters. The van der Waals surface area contributed by atoms with Crippen molar-refractivity contribution >= 4 is 0 Å². The van der Waals surface area contributed by atoms with E-state index < -0.39 is 17.1 Å². The Morgan fingerprint density at radius 1 is 1.10 bits per heavy atom. The van der Waals surface area contributed by atoms with Crippen LogP contribution in [0.5, 0.6) is 17.4 Å². The molecule has 0 saturated heterocycles. The molecule has 1 aromatic heterocycles. The molecule has 0 fully saturated rings. The Morgan fingerprint density at radius 3 is 2.33 bits per heavy atom. The van der Waals surface area contributed by atoms with Gasteiger partial charge in [-0.15, -0.1) is 0 Å². The van der Waals surface area contributed by atoms with Gasteiger partial charge in [0.2, 0.25) is 0 Å². The fourth-order valence-corrected chi connectivity index (χ4v) is 1.85. The zero-order chi connectivity index (χ0) is 14.7. The summed E-state index contributed by atoms with van der Waals surface area (Å²) in [6, 6.07) is 5.06. The van der Waals surface area contributed by atoms with Gasteiger partial charge in [-0.05, 0) is 23.6 Å². The van der Waals surface area contributed by atoms with Crippen molar-refractivity contribution in [1.82, 2.24) is 9.97 Å². The maximum Gasteiger partial charge on any atom is 1.00 e. The molecule has 7 nitrogen and oxygen atoms in total. The summed E-state index contributed by atoms with van der Waals surface area (Å²) in [5, 5.41) is 11.6. The third-order valence-electron chi connectivity index (χ3n) is 2.83. The molecule has 106 valence electrons. The summed E-state index contributed by atoms with van der Waals surface area (Å²) < 4.78 is 10.2. The van der Waals surface area contributed by atoms with Gasteiger partial charge in [-0.25, -0.2) is 4.79 Å². The summed E-state index contributed by atoms with van der Waals surface area (Å²) in [4.78, 5) is 26.6. The molecule has 21 heavy (non-hydrogen) atoms. The molecule has 1 aromatic carbocycles. The number of hydrogen-bond donors (Lipinski definition) is 2. The third kappa shape index (κ3) is 4.21. The quantitative estimate of drug-likeness (QED) is 0.576. The molecule has 2 aromatic rings. The predicted octanol–water partition coefficient (Wildman–Crippen LogP) is -3.25. The molecule has 0 radical (unpaired) electrons. The van der Waals surface area contributed by atoms with Crippen LogP contribution in [0.4, 0.5) is 0 Å². The zero-order valence-electron chi connectivity index (χ0n) is 12.0. The summed E-state index contributed by atoms with van der Waals surface area (Å²) in [6.45, 7) is 0. The summed E-state index contributed by atoms with van der Waals surface area (Å²) in [7, 11) is 3.01. The normalized spacial score (nSPS) is 9.81. The minimum atomic E-state index is -0.809. The molecule has 0 aliphatic rings. The standard InChI is InChI=1S/C13H14N2O5.K/c1-19-9-4-3-7(6-10(9)20-2)5-8-11(16)14-13(18)15-12(8)17;/h3-4,6H,5H2,1-2H3,(H3,14,15,16,17,18);/q;+1/p-1. The van der Waals surface area contributed by atoms with E-state index in [1.807, 2.05) is 9.97 Å². The van der Waals surface area contributed by atoms with Gasteiger partial charge in [0.25, 0.3) is 5.56 Å². The monoisotopic (exact) mass is 316 g/mol. The maximum absolute atomic E-state index is 11.6. The van der Waals surface area contributed by atoms with E-state index in [1.54, 1.807) is 18.2 Å². The fraction of sp³-hybridized carbons (Fsp3) is 0.231. The van der Waals surface area contributed by atoms with Gasteiger partial charge in [0.05, 0.1) is 14.2 Å². The van der Waals surface area contributed by atoms with Crippen molar-refractivity contribution < 1.29 is 66.0 Å². The Balaban J connectivity index is 0.00000220. The van der Waals surface area contributed by atoms with Crippen molar-refractivity contribution in [2.24, 2.45) is 0 Å². The number of H-pyrrole nitrogens is 2. The van der Waals surface area contributed by atoms with Gasteiger partial charge in [-0.2, -0.15) is 0 Å². The second kappa shape index (κ2) is 7.81. The molecule has 8 heteroatoms. The van der Waals surface area contributed by atoms with Gasteiger partial charge >= 0.3 is 57.1 Å². The first-order chi connectivity index (χ1) is 9.55. The zero-order valence-corrected chi connectivity index (χ0v) is 15.1.